The van der Waals surface area contributed by atoms with Crippen LogP contribution in [0, 0.1) is 0 Å². The van der Waals surface area contributed by atoms with E-state index in [-0.39, 0.29) is 11.8 Å². The third-order valence-electron chi connectivity index (χ3n) is 5.29. The van der Waals surface area contributed by atoms with E-state index in [4.69, 9.17) is 9.47 Å². The quantitative estimate of drug-likeness (QED) is 0.634. The molecule has 3 aromatic carbocycles. The van der Waals surface area contributed by atoms with Gasteiger partial charge in [0.15, 0.2) is 0 Å². The summed E-state index contributed by atoms with van der Waals surface area (Å²) in [6.45, 7) is 0.502. The van der Waals surface area contributed by atoms with E-state index in [1.165, 1.54) is 0 Å². The van der Waals surface area contributed by atoms with Crippen LogP contribution in [0.2, 0.25) is 0 Å². The average Bonchev–Trinajstić information content (AvgIpc) is 3.06. The van der Waals surface area contributed by atoms with E-state index < -0.39 is 0 Å². The van der Waals surface area contributed by atoms with Crippen molar-refractivity contribution in [2.75, 3.05) is 26.3 Å². The summed E-state index contributed by atoms with van der Waals surface area (Å²) in [4.78, 5) is 13.5. The van der Waals surface area contributed by atoms with Crippen LogP contribution in [0.3, 0.4) is 0 Å². The van der Waals surface area contributed by atoms with Crippen molar-refractivity contribution in [3.63, 3.8) is 0 Å². The zero-order valence-corrected chi connectivity index (χ0v) is 16.8. The Hall–Kier alpha value is -3.31. The molecule has 0 fully saturated rings. The van der Waals surface area contributed by atoms with Crippen LogP contribution in [0.5, 0.6) is 11.5 Å². The Labute approximate surface area is 171 Å². The van der Waals surface area contributed by atoms with Gasteiger partial charge in [0.05, 0.1) is 25.8 Å². The topological polar surface area (TPSA) is 42.0 Å². The lowest BCUT2D eigenvalue weighted by Crippen LogP contribution is -2.42. The highest BCUT2D eigenvalue weighted by molar-refractivity contribution is 6.06. The molecule has 29 heavy (non-hydrogen) atoms. The second kappa shape index (κ2) is 7.97. The van der Waals surface area contributed by atoms with E-state index in [9.17, 15) is 4.79 Å². The molecule has 5 heteroatoms. The van der Waals surface area contributed by atoms with Gasteiger partial charge in [-0.15, -0.1) is 0 Å². The van der Waals surface area contributed by atoms with Gasteiger partial charge in [0.2, 0.25) is 0 Å². The van der Waals surface area contributed by atoms with Crippen molar-refractivity contribution in [3.05, 3.63) is 89.5 Å². The number of ether oxygens (including phenoxy) is 2. The second-order valence-corrected chi connectivity index (χ2v) is 7.05. The number of anilines is 1. The van der Waals surface area contributed by atoms with E-state index in [2.05, 4.69) is 0 Å². The van der Waals surface area contributed by atoms with Gasteiger partial charge < -0.3 is 9.47 Å². The average molecular weight is 388 g/mol. The Morgan fingerprint density at radius 2 is 1.66 bits per heavy atom. The molecular formula is C24H24N2O3. The van der Waals surface area contributed by atoms with Gasteiger partial charge in [-0.1, -0.05) is 48.5 Å². The van der Waals surface area contributed by atoms with Crippen molar-refractivity contribution in [3.8, 4) is 11.5 Å². The van der Waals surface area contributed by atoms with E-state index >= 15 is 0 Å². The van der Waals surface area contributed by atoms with Gasteiger partial charge in [-0.2, -0.15) is 0 Å². The Morgan fingerprint density at radius 1 is 0.931 bits per heavy atom. The molecule has 1 aliphatic heterocycles. The van der Waals surface area contributed by atoms with E-state index in [1.807, 2.05) is 84.9 Å². The lowest BCUT2D eigenvalue weighted by Gasteiger charge is -2.29. The monoisotopic (exact) mass is 388 g/mol. The predicted octanol–water partition coefficient (Wildman–Crippen LogP) is 4.23. The van der Waals surface area contributed by atoms with E-state index in [1.54, 1.807) is 19.2 Å². The molecule has 0 N–H and O–H groups in total. The highest BCUT2D eigenvalue weighted by Crippen LogP contribution is 2.42. The Morgan fingerprint density at radius 3 is 2.38 bits per heavy atom. The molecule has 1 heterocycles. The molecule has 0 spiro atoms. The number of hydrazine groups is 1. The number of para-hydroxylation sites is 1. The number of hydrogen-bond donors (Lipinski definition) is 0. The van der Waals surface area contributed by atoms with Crippen molar-refractivity contribution >= 4 is 11.6 Å². The summed E-state index contributed by atoms with van der Waals surface area (Å²) in [6.07, 6.45) is 0. The SMILES string of the molecule is COc1ccc(OC)c(CN(C)N2C(=O)[C@H](c3ccccc3)c3ccccc32)c1. The molecule has 0 aliphatic carbocycles. The Balaban J connectivity index is 1.69. The van der Waals surface area contributed by atoms with Crippen LogP contribution in [0.25, 0.3) is 0 Å². The Kier molecular flexibility index (Phi) is 5.23. The number of carbonyl (C=O) groups is 1. The van der Waals surface area contributed by atoms with Crippen LogP contribution in [-0.2, 0) is 11.3 Å². The molecule has 4 rings (SSSR count). The zero-order chi connectivity index (χ0) is 20.4. The molecule has 0 bridgehead atoms. The van der Waals surface area contributed by atoms with E-state index in [0.717, 1.165) is 33.9 Å². The number of hydrogen-bond acceptors (Lipinski definition) is 4. The first kappa shape index (κ1) is 19.0. The number of benzene rings is 3. The number of amides is 1. The number of nitrogens with zero attached hydrogens (tertiary/aromatic N) is 2. The number of methoxy groups -OCH3 is 2. The minimum absolute atomic E-state index is 0.0433. The fourth-order valence-corrected chi connectivity index (χ4v) is 3.94. The van der Waals surface area contributed by atoms with Crippen molar-refractivity contribution in [2.24, 2.45) is 0 Å². The first-order valence-electron chi connectivity index (χ1n) is 9.54. The van der Waals surface area contributed by atoms with Gasteiger partial charge >= 0.3 is 0 Å². The minimum Gasteiger partial charge on any atom is -0.497 e. The molecule has 3 aromatic rings. The molecule has 0 unspecified atom stereocenters. The molecule has 0 radical (unpaired) electrons. The van der Waals surface area contributed by atoms with Gasteiger partial charge in [-0.3, -0.25) is 4.79 Å². The summed E-state index contributed by atoms with van der Waals surface area (Å²) in [5.74, 6) is 1.26. The molecule has 1 atom stereocenters. The lowest BCUT2D eigenvalue weighted by atomic mass is 9.93. The van der Waals surface area contributed by atoms with Crippen LogP contribution in [-0.4, -0.2) is 32.2 Å². The van der Waals surface area contributed by atoms with Crippen LogP contribution in [0.1, 0.15) is 22.6 Å². The normalized spacial score (nSPS) is 15.5. The maximum Gasteiger partial charge on any atom is 0.253 e. The van der Waals surface area contributed by atoms with Crippen LogP contribution < -0.4 is 14.5 Å². The van der Waals surface area contributed by atoms with Crippen LogP contribution >= 0.6 is 0 Å². The molecule has 0 saturated heterocycles. The molecule has 1 aliphatic rings. The first-order chi connectivity index (χ1) is 14.1. The zero-order valence-electron chi connectivity index (χ0n) is 16.8. The second-order valence-electron chi connectivity index (χ2n) is 7.05. The standard InChI is InChI=1S/C24H24N2O3/c1-25(16-18-15-19(28-2)13-14-22(18)29-3)26-21-12-8-7-11-20(21)23(24(26)27)17-9-5-4-6-10-17/h4-15,23H,16H2,1-3H3/t23-/m1/s1. The maximum atomic E-state index is 13.5. The van der Waals surface area contributed by atoms with Crippen molar-refractivity contribution in [2.45, 2.75) is 12.5 Å². The van der Waals surface area contributed by atoms with Crippen molar-refractivity contribution in [1.82, 2.24) is 5.01 Å². The summed E-state index contributed by atoms with van der Waals surface area (Å²) < 4.78 is 10.9. The number of rotatable bonds is 6. The van der Waals surface area contributed by atoms with Crippen molar-refractivity contribution < 1.29 is 14.3 Å². The van der Waals surface area contributed by atoms with Gasteiger partial charge in [0, 0.05) is 19.2 Å². The summed E-state index contributed by atoms with van der Waals surface area (Å²) in [5, 5.41) is 3.70. The maximum absolute atomic E-state index is 13.5. The van der Waals surface area contributed by atoms with Gasteiger partial charge in [0.25, 0.3) is 5.91 Å². The van der Waals surface area contributed by atoms with Crippen LogP contribution in [0.15, 0.2) is 72.8 Å². The molecular weight excluding hydrogens is 364 g/mol. The highest BCUT2D eigenvalue weighted by atomic mass is 16.5. The summed E-state index contributed by atoms with van der Waals surface area (Å²) in [7, 11) is 5.20. The summed E-state index contributed by atoms with van der Waals surface area (Å²) in [6, 6.07) is 23.6. The molecule has 1 amide bonds. The number of carbonyl (C=O) groups excluding carboxylic acids is 1. The third-order valence-corrected chi connectivity index (χ3v) is 5.29. The highest BCUT2D eigenvalue weighted by Gasteiger charge is 2.40. The lowest BCUT2D eigenvalue weighted by molar-refractivity contribution is -0.121. The summed E-state index contributed by atoms with van der Waals surface area (Å²) >= 11 is 0. The molecule has 0 aromatic heterocycles. The van der Waals surface area contributed by atoms with Gasteiger partial charge in [0.1, 0.15) is 11.5 Å². The summed E-state index contributed by atoms with van der Waals surface area (Å²) in [5.41, 5.74) is 3.88. The predicted molar refractivity (Wildman–Crippen MR) is 113 cm³/mol. The molecule has 0 saturated carbocycles. The van der Waals surface area contributed by atoms with Gasteiger partial charge in [-0.25, -0.2) is 10.0 Å². The largest absolute Gasteiger partial charge is 0.497 e. The van der Waals surface area contributed by atoms with Gasteiger partial charge in [-0.05, 0) is 35.4 Å². The molecule has 148 valence electrons. The smallest absolute Gasteiger partial charge is 0.253 e. The first-order valence-corrected chi connectivity index (χ1v) is 9.54. The fourth-order valence-electron chi connectivity index (χ4n) is 3.94. The Bertz CT molecular complexity index is 1020. The molecule has 5 nitrogen and oxygen atoms in total. The minimum atomic E-state index is -0.304. The third kappa shape index (κ3) is 3.45. The van der Waals surface area contributed by atoms with E-state index in [0.29, 0.717) is 6.54 Å². The number of fused-ring (bicyclic) bond motifs is 1. The van der Waals surface area contributed by atoms with Crippen molar-refractivity contribution in [1.29, 1.82) is 0 Å². The van der Waals surface area contributed by atoms with Crippen LogP contribution in [0.4, 0.5) is 5.69 Å². The fraction of sp³-hybridized carbons (Fsp3) is 0.208.